The van der Waals surface area contributed by atoms with E-state index in [2.05, 4.69) is 27.0 Å². The molecule has 0 saturated heterocycles. The molecule has 0 fully saturated rings. The molecule has 0 aliphatic carbocycles. The number of carbonyl (C=O) groups excluding carboxylic acids is 1. The number of rotatable bonds is 8. The average Bonchev–Trinajstić information content (AvgIpc) is 3.31. The van der Waals surface area contributed by atoms with Gasteiger partial charge in [-0.1, -0.05) is 12.6 Å². The molecule has 1 aromatic carbocycles. The van der Waals surface area contributed by atoms with Crippen LogP contribution in [0.5, 0.6) is 0 Å². The fourth-order valence-electron chi connectivity index (χ4n) is 3.34. The van der Waals surface area contributed by atoms with Crippen LogP contribution in [0.25, 0.3) is 22.5 Å². The van der Waals surface area contributed by atoms with Crippen molar-refractivity contribution in [2.24, 2.45) is 0 Å². The maximum atomic E-state index is 13.4. The molecular formula is C25H20FN5O3. The second-order valence-electron chi connectivity index (χ2n) is 7.37. The standard InChI is InChI=1S/C25H20FN5O3/c1-2-24(32)28-14-17-13-27-23(16-6-8-18(26)9-7-16)12-20(17)21-10-11-31(30-21)15-19-4-3-5-22(29-19)25(33)34/h2-13H,1,14-15H2,(H,28,32)(H,33,34). The summed E-state index contributed by atoms with van der Waals surface area (Å²) in [5.74, 6) is -1.75. The van der Waals surface area contributed by atoms with Gasteiger partial charge in [0.25, 0.3) is 0 Å². The van der Waals surface area contributed by atoms with Crippen molar-refractivity contribution in [3.05, 3.63) is 102 Å². The molecule has 0 radical (unpaired) electrons. The maximum Gasteiger partial charge on any atom is 0.354 e. The lowest BCUT2D eigenvalue weighted by atomic mass is 10.0. The minimum atomic E-state index is -1.10. The summed E-state index contributed by atoms with van der Waals surface area (Å²) >= 11 is 0. The fraction of sp³-hybridized carbons (Fsp3) is 0.0800. The number of amides is 1. The van der Waals surface area contributed by atoms with Gasteiger partial charge in [0, 0.05) is 30.1 Å². The fourth-order valence-corrected chi connectivity index (χ4v) is 3.34. The lowest BCUT2D eigenvalue weighted by molar-refractivity contribution is -0.116. The summed E-state index contributed by atoms with van der Waals surface area (Å²) in [6.45, 7) is 3.95. The van der Waals surface area contributed by atoms with E-state index in [0.29, 0.717) is 17.1 Å². The van der Waals surface area contributed by atoms with E-state index in [-0.39, 0.29) is 30.5 Å². The lowest BCUT2D eigenvalue weighted by Crippen LogP contribution is -2.20. The molecular weight excluding hydrogens is 437 g/mol. The number of nitrogens with zero attached hydrogens (tertiary/aromatic N) is 4. The molecule has 0 spiro atoms. The van der Waals surface area contributed by atoms with Gasteiger partial charge in [-0.2, -0.15) is 5.10 Å². The number of carbonyl (C=O) groups is 2. The number of carboxylic acids is 1. The Morgan fingerprint density at radius 2 is 1.91 bits per heavy atom. The van der Waals surface area contributed by atoms with Gasteiger partial charge >= 0.3 is 5.97 Å². The van der Waals surface area contributed by atoms with E-state index < -0.39 is 5.97 Å². The van der Waals surface area contributed by atoms with Crippen LogP contribution in [0.4, 0.5) is 4.39 Å². The topological polar surface area (TPSA) is 110 Å². The van der Waals surface area contributed by atoms with Gasteiger partial charge in [0.05, 0.1) is 23.6 Å². The highest BCUT2D eigenvalue weighted by atomic mass is 19.1. The van der Waals surface area contributed by atoms with Gasteiger partial charge in [-0.15, -0.1) is 0 Å². The molecule has 3 aromatic heterocycles. The number of hydrogen-bond acceptors (Lipinski definition) is 5. The highest BCUT2D eigenvalue weighted by Crippen LogP contribution is 2.27. The number of aromatic nitrogens is 4. The number of carboxylic acid groups (broad SMARTS) is 1. The van der Waals surface area contributed by atoms with Crippen molar-refractivity contribution >= 4 is 11.9 Å². The first-order valence-electron chi connectivity index (χ1n) is 10.3. The van der Waals surface area contributed by atoms with Gasteiger partial charge in [-0.3, -0.25) is 14.5 Å². The molecule has 34 heavy (non-hydrogen) atoms. The molecule has 0 unspecified atom stereocenters. The highest BCUT2D eigenvalue weighted by Gasteiger charge is 2.13. The number of nitrogens with one attached hydrogen (secondary N) is 1. The summed E-state index contributed by atoms with van der Waals surface area (Å²) in [6, 6.07) is 14.4. The van der Waals surface area contributed by atoms with Crippen LogP contribution in [-0.4, -0.2) is 36.7 Å². The molecule has 0 aliphatic heterocycles. The van der Waals surface area contributed by atoms with Crippen LogP contribution in [-0.2, 0) is 17.9 Å². The van der Waals surface area contributed by atoms with E-state index >= 15 is 0 Å². The minimum Gasteiger partial charge on any atom is -0.477 e. The number of pyridine rings is 2. The van der Waals surface area contributed by atoms with Gasteiger partial charge in [0.15, 0.2) is 0 Å². The number of hydrogen-bond donors (Lipinski definition) is 2. The molecule has 9 heteroatoms. The smallest absolute Gasteiger partial charge is 0.354 e. The molecule has 1 amide bonds. The molecule has 2 N–H and O–H groups in total. The second kappa shape index (κ2) is 9.86. The minimum absolute atomic E-state index is 0.0387. The Labute approximate surface area is 194 Å². The summed E-state index contributed by atoms with van der Waals surface area (Å²) in [5, 5.41) is 16.5. The van der Waals surface area contributed by atoms with E-state index in [1.54, 1.807) is 41.3 Å². The van der Waals surface area contributed by atoms with Crippen molar-refractivity contribution in [3.8, 4) is 22.5 Å². The first-order chi connectivity index (χ1) is 16.4. The molecule has 0 aliphatic rings. The van der Waals surface area contributed by atoms with E-state index in [1.165, 1.54) is 24.3 Å². The van der Waals surface area contributed by atoms with Crippen LogP contribution >= 0.6 is 0 Å². The van der Waals surface area contributed by atoms with Crippen LogP contribution in [0.2, 0.25) is 0 Å². The average molecular weight is 457 g/mol. The predicted molar refractivity (Wildman–Crippen MR) is 123 cm³/mol. The van der Waals surface area contributed by atoms with E-state index in [0.717, 1.165) is 16.7 Å². The SMILES string of the molecule is C=CC(=O)NCc1cnc(-c2ccc(F)cc2)cc1-c1ccn(Cc2cccc(C(=O)O)n2)n1. The molecule has 4 aromatic rings. The molecule has 0 bridgehead atoms. The van der Waals surface area contributed by atoms with Crippen molar-refractivity contribution in [1.29, 1.82) is 0 Å². The monoisotopic (exact) mass is 457 g/mol. The van der Waals surface area contributed by atoms with Gasteiger partial charge in [-0.05, 0) is 60.2 Å². The Kier molecular flexibility index (Phi) is 6.54. The zero-order valence-corrected chi connectivity index (χ0v) is 18.0. The summed E-state index contributed by atoms with van der Waals surface area (Å²) < 4.78 is 15.0. The van der Waals surface area contributed by atoms with Crippen molar-refractivity contribution in [2.45, 2.75) is 13.1 Å². The van der Waals surface area contributed by atoms with Crippen molar-refractivity contribution in [3.63, 3.8) is 0 Å². The van der Waals surface area contributed by atoms with Gasteiger partial charge in [0.1, 0.15) is 11.5 Å². The molecule has 8 nitrogen and oxygen atoms in total. The number of aromatic carboxylic acids is 1. The molecule has 0 saturated carbocycles. The predicted octanol–water partition coefficient (Wildman–Crippen LogP) is 3.69. The first kappa shape index (κ1) is 22.5. The van der Waals surface area contributed by atoms with Crippen LogP contribution in [0.15, 0.2) is 79.6 Å². The Morgan fingerprint density at radius 3 is 2.65 bits per heavy atom. The Hall–Kier alpha value is -4.66. The van der Waals surface area contributed by atoms with Crippen LogP contribution in [0.3, 0.4) is 0 Å². The maximum absolute atomic E-state index is 13.4. The van der Waals surface area contributed by atoms with E-state index in [9.17, 15) is 14.0 Å². The molecule has 4 rings (SSSR count). The third kappa shape index (κ3) is 5.21. The summed E-state index contributed by atoms with van der Waals surface area (Å²) in [7, 11) is 0. The van der Waals surface area contributed by atoms with Gasteiger partial charge in [-0.25, -0.2) is 14.2 Å². The quantitative estimate of drug-likeness (QED) is 0.391. The van der Waals surface area contributed by atoms with E-state index in [4.69, 9.17) is 5.11 Å². The summed E-state index contributed by atoms with van der Waals surface area (Å²) in [4.78, 5) is 31.5. The molecule has 170 valence electrons. The Morgan fingerprint density at radius 1 is 1.12 bits per heavy atom. The van der Waals surface area contributed by atoms with Crippen LogP contribution in [0, 0.1) is 5.82 Å². The number of benzene rings is 1. The third-order valence-corrected chi connectivity index (χ3v) is 5.03. The van der Waals surface area contributed by atoms with Gasteiger partial charge < -0.3 is 10.4 Å². The van der Waals surface area contributed by atoms with E-state index in [1.807, 2.05) is 12.1 Å². The highest BCUT2D eigenvalue weighted by molar-refractivity contribution is 5.87. The van der Waals surface area contributed by atoms with Crippen LogP contribution < -0.4 is 5.32 Å². The third-order valence-electron chi connectivity index (χ3n) is 5.03. The summed E-state index contributed by atoms with van der Waals surface area (Å²) in [6.07, 6.45) is 4.59. The largest absolute Gasteiger partial charge is 0.477 e. The van der Waals surface area contributed by atoms with Crippen molar-refractivity contribution in [2.75, 3.05) is 0 Å². The van der Waals surface area contributed by atoms with Gasteiger partial charge in [0.2, 0.25) is 5.91 Å². The Balaban J connectivity index is 1.67. The molecule has 3 heterocycles. The van der Waals surface area contributed by atoms with Crippen molar-refractivity contribution < 1.29 is 19.1 Å². The van der Waals surface area contributed by atoms with Crippen LogP contribution in [0.1, 0.15) is 21.7 Å². The second-order valence-corrected chi connectivity index (χ2v) is 7.37. The Bertz CT molecular complexity index is 1370. The zero-order valence-electron chi connectivity index (χ0n) is 18.0. The summed E-state index contributed by atoms with van der Waals surface area (Å²) in [5.41, 5.74) is 3.97. The first-order valence-corrected chi connectivity index (χ1v) is 10.3. The van der Waals surface area contributed by atoms with Crippen molar-refractivity contribution in [1.82, 2.24) is 25.1 Å². The zero-order chi connectivity index (χ0) is 24.1. The number of halogens is 1. The molecule has 0 atom stereocenters. The lowest BCUT2D eigenvalue weighted by Gasteiger charge is -2.11. The normalized spacial score (nSPS) is 10.6.